The van der Waals surface area contributed by atoms with Crippen LogP contribution in [0.3, 0.4) is 0 Å². The maximum Gasteiger partial charge on any atom is 0.251 e. The number of sulfone groups is 1. The summed E-state index contributed by atoms with van der Waals surface area (Å²) < 4.78 is 24.8. The van der Waals surface area contributed by atoms with Crippen LogP contribution in [0.1, 0.15) is 24.0 Å². The van der Waals surface area contributed by atoms with E-state index >= 15 is 0 Å². The molecule has 0 radical (unpaired) electrons. The lowest BCUT2D eigenvalue weighted by Crippen LogP contribution is -2.12. The number of aromatic nitrogens is 1. The molecule has 5 nitrogen and oxygen atoms in total. The monoisotopic (exact) mass is 461 g/mol. The van der Waals surface area contributed by atoms with E-state index in [1.165, 1.54) is 0 Å². The summed E-state index contributed by atoms with van der Waals surface area (Å²) in [5.41, 5.74) is 3.75. The first-order valence-corrected chi connectivity index (χ1v) is 12.0. The van der Waals surface area contributed by atoms with E-state index in [-0.39, 0.29) is 22.0 Å². The molecule has 2 aromatic carbocycles. The highest BCUT2D eigenvalue weighted by atomic mass is 79.9. The molecule has 28 heavy (non-hydrogen) atoms. The van der Waals surface area contributed by atoms with Crippen molar-refractivity contribution in [2.75, 3.05) is 11.1 Å². The molecule has 1 aliphatic carbocycles. The molecule has 0 atom stereocenters. The van der Waals surface area contributed by atoms with Crippen LogP contribution in [0.2, 0.25) is 0 Å². The van der Waals surface area contributed by atoms with Crippen molar-refractivity contribution in [1.29, 1.82) is 0 Å². The van der Waals surface area contributed by atoms with Gasteiger partial charge >= 0.3 is 0 Å². The number of halogens is 1. The molecule has 3 aromatic rings. The molecule has 0 spiro atoms. The number of alkyl halides is 1. The molecule has 0 bridgehead atoms. The van der Waals surface area contributed by atoms with Crippen LogP contribution in [0.5, 0.6) is 5.75 Å². The lowest BCUT2D eigenvalue weighted by atomic mass is 9.94. The van der Waals surface area contributed by atoms with Gasteiger partial charge in [-0.05, 0) is 61.1 Å². The Hall–Kier alpha value is -2.12. The van der Waals surface area contributed by atoms with Crippen molar-refractivity contribution in [3.8, 4) is 16.9 Å². The number of nitrogens with one attached hydrogen (secondary N) is 1. The van der Waals surface area contributed by atoms with Crippen LogP contribution in [0.15, 0.2) is 46.1 Å². The third kappa shape index (κ3) is 3.26. The molecular weight excluding hydrogens is 442 g/mol. The van der Waals surface area contributed by atoms with Gasteiger partial charge in [0, 0.05) is 27.4 Å². The molecule has 0 saturated carbocycles. The fourth-order valence-corrected chi connectivity index (χ4v) is 5.92. The Morgan fingerprint density at radius 3 is 2.46 bits per heavy atom. The van der Waals surface area contributed by atoms with Gasteiger partial charge in [0.05, 0.1) is 10.6 Å². The summed E-state index contributed by atoms with van der Waals surface area (Å²) in [7, 11) is -3.33. The third-order valence-corrected chi connectivity index (χ3v) is 7.65. The summed E-state index contributed by atoms with van der Waals surface area (Å²) in [5.74, 6) is 0.204. The van der Waals surface area contributed by atoms with E-state index in [9.17, 15) is 18.3 Å². The first kappa shape index (κ1) is 19.2. The van der Waals surface area contributed by atoms with Gasteiger partial charge in [-0.1, -0.05) is 28.1 Å². The predicted octanol–water partition coefficient (Wildman–Crippen LogP) is 3.95. The van der Waals surface area contributed by atoms with Crippen LogP contribution in [0.25, 0.3) is 22.0 Å². The first-order valence-electron chi connectivity index (χ1n) is 9.21. The second-order valence-corrected chi connectivity index (χ2v) is 9.93. The van der Waals surface area contributed by atoms with Crippen molar-refractivity contribution in [1.82, 2.24) is 4.98 Å². The Kier molecular flexibility index (Phi) is 5.05. The topological polar surface area (TPSA) is 87.2 Å². The van der Waals surface area contributed by atoms with Crippen LogP contribution in [-0.2, 0) is 22.7 Å². The molecule has 0 unspecified atom stereocenters. The zero-order chi connectivity index (χ0) is 19.9. The SMILES string of the molecule is O=c1[nH]c2ccc(O)c(-c3ccc(S(=O)(=O)CCCBr)cc3)c2c2c1CCC2. The van der Waals surface area contributed by atoms with Crippen molar-refractivity contribution in [2.24, 2.45) is 0 Å². The smallest absolute Gasteiger partial charge is 0.251 e. The van der Waals surface area contributed by atoms with Crippen molar-refractivity contribution in [2.45, 2.75) is 30.6 Å². The number of phenols is 1. The summed E-state index contributed by atoms with van der Waals surface area (Å²) in [5, 5.41) is 12.1. The lowest BCUT2D eigenvalue weighted by Gasteiger charge is -2.14. The van der Waals surface area contributed by atoms with Crippen molar-refractivity contribution in [3.63, 3.8) is 0 Å². The van der Waals surface area contributed by atoms with E-state index in [1.807, 2.05) is 0 Å². The summed E-state index contributed by atoms with van der Waals surface area (Å²) in [6, 6.07) is 9.90. The lowest BCUT2D eigenvalue weighted by molar-refractivity contribution is 0.478. The van der Waals surface area contributed by atoms with E-state index < -0.39 is 9.84 Å². The average molecular weight is 462 g/mol. The van der Waals surface area contributed by atoms with Crippen LogP contribution in [0.4, 0.5) is 0 Å². The minimum Gasteiger partial charge on any atom is -0.507 e. The number of hydrogen-bond donors (Lipinski definition) is 2. The van der Waals surface area contributed by atoms with Gasteiger partial charge in [-0.2, -0.15) is 0 Å². The van der Waals surface area contributed by atoms with E-state index in [0.29, 0.717) is 22.8 Å². The van der Waals surface area contributed by atoms with Gasteiger partial charge < -0.3 is 10.1 Å². The summed E-state index contributed by atoms with van der Waals surface area (Å²) in [4.78, 5) is 15.5. The quantitative estimate of drug-likeness (QED) is 0.563. The largest absolute Gasteiger partial charge is 0.507 e. The number of rotatable bonds is 5. The standard InChI is InChI=1S/C21H20BrNO4S/c22-11-2-12-28(26,27)14-7-5-13(6-8-14)19-18(24)10-9-17-20(19)15-3-1-4-16(15)21(25)23-17/h5-10,24H,1-4,11-12H2,(H,23,25). The van der Waals surface area contributed by atoms with Crippen LogP contribution in [0, 0.1) is 0 Å². The Bertz CT molecular complexity index is 1210. The second kappa shape index (κ2) is 7.37. The van der Waals surface area contributed by atoms with Gasteiger partial charge in [-0.25, -0.2) is 8.42 Å². The normalized spacial score (nSPS) is 13.8. The van der Waals surface area contributed by atoms with Crippen molar-refractivity contribution >= 4 is 36.7 Å². The number of phenolic OH excluding ortho intramolecular Hbond substituents is 1. The molecule has 0 fully saturated rings. The summed E-state index contributed by atoms with van der Waals surface area (Å²) in [6.07, 6.45) is 3.00. The molecule has 4 rings (SSSR count). The zero-order valence-corrected chi connectivity index (χ0v) is 17.6. The molecule has 2 N–H and O–H groups in total. The van der Waals surface area contributed by atoms with Crippen LogP contribution in [-0.4, -0.2) is 29.6 Å². The predicted molar refractivity (Wildman–Crippen MR) is 114 cm³/mol. The van der Waals surface area contributed by atoms with Gasteiger partial charge in [0.25, 0.3) is 5.56 Å². The Labute approximate surface area is 171 Å². The summed E-state index contributed by atoms with van der Waals surface area (Å²) >= 11 is 3.26. The molecule has 1 aromatic heterocycles. The third-order valence-electron chi connectivity index (χ3n) is 5.27. The van der Waals surface area contributed by atoms with Gasteiger partial charge in [-0.3, -0.25) is 4.79 Å². The summed E-state index contributed by atoms with van der Waals surface area (Å²) in [6.45, 7) is 0. The van der Waals surface area contributed by atoms with Gasteiger partial charge in [0.1, 0.15) is 5.75 Å². The molecule has 0 saturated heterocycles. The number of aromatic amines is 1. The highest BCUT2D eigenvalue weighted by molar-refractivity contribution is 9.09. The number of H-pyrrole nitrogens is 1. The second-order valence-electron chi connectivity index (χ2n) is 7.03. The van der Waals surface area contributed by atoms with E-state index in [1.54, 1.807) is 36.4 Å². The number of fused-ring (bicyclic) bond motifs is 3. The highest BCUT2D eigenvalue weighted by Gasteiger charge is 2.22. The Balaban J connectivity index is 1.87. The van der Waals surface area contributed by atoms with Gasteiger partial charge in [-0.15, -0.1) is 0 Å². The van der Waals surface area contributed by atoms with Gasteiger partial charge in [0.15, 0.2) is 9.84 Å². The van der Waals surface area contributed by atoms with Gasteiger partial charge in [0.2, 0.25) is 0 Å². The minimum atomic E-state index is -3.33. The number of hydrogen-bond acceptors (Lipinski definition) is 4. The number of aromatic hydroxyl groups is 1. The van der Waals surface area contributed by atoms with E-state index in [4.69, 9.17) is 0 Å². The number of benzene rings is 2. The van der Waals surface area contributed by atoms with Crippen molar-refractivity contribution < 1.29 is 13.5 Å². The maximum atomic E-state index is 12.4. The van der Waals surface area contributed by atoms with Crippen molar-refractivity contribution in [3.05, 3.63) is 57.9 Å². The number of aryl methyl sites for hydroxylation is 1. The van der Waals surface area contributed by atoms with Crippen LogP contribution >= 0.6 is 15.9 Å². The molecule has 7 heteroatoms. The Morgan fingerprint density at radius 1 is 1.04 bits per heavy atom. The minimum absolute atomic E-state index is 0.0649. The highest BCUT2D eigenvalue weighted by Crippen LogP contribution is 2.40. The van der Waals surface area contributed by atoms with Crippen LogP contribution < -0.4 is 5.56 Å². The molecule has 0 amide bonds. The fourth-order valence-electron chi connectivity index (χ4n) is 3.96. The van der Waals surface area contributed by atoms with E-state index in [2.05, 4.69) is 20.9 Å². The molecule has 1 aliphatic rings. The molecule has 1 heterocycles. The fraction of sp³-hybridized carbons (Fsp3) is 0.286. The average Bonchev–Trinajstić information content (AvgIpc) is 3.18. The number of pyridine rings is 1. The molecule has 146 valence electrons. The molecular formula is C21H20BrNO4S. The zero-order valence-electron chi connectivity index (χ0n) is 15.2. The molecule has 0 aliphatic heterocycles. The first-order chi connectivity index (χ1) is 13.4. The maximum absolute atomic E-state index is 12.4. The van der Waals surface area contributed by atoms with E-state index in [0.717, 1.165) is 41.3 Å². The Morgan fingerprint density at radius 2 is 1.75 bits per heavy atom.